The van der Waals surface area contributed by atoms with E-state index in [0.29, 0.717) is 31.2 Å². The summed E-state index contributed by atoms with van der Waals surface area (Å²) in [5, 5.41) is 0. The quantitative estimate of drug-likeness (QED) is 0.451. The monoisotopic (exact) mass is 442 g/mol. The van der Waals surface area contributed by atoms with Gasteiger partial charge in [-0.1, -0.05) is 80.6 Å². The number of rotatable bonds is 8. The van der Waals surface area contributed by atoms with Gasteiger partial charge in [0.05, 0.1) is 12.6 Å². The molecule has 0 spiro atoms. The molecule has 4 nitrogen and oxygen atoms in total. The van der Waals surface area contributed by atoms with Crippen LogP contribution < -0.4 is 4.74 Å². The second-order valence-electron chi connectivity index (χ2n) is 9.11. The van der Waals surface area contributed by atoms with Gasteiger partial charge in [-0.2, -0.15) is 0 Å². The van der Waals surface area contributed by atoms with E-state index in [1.165, 1.54) is 11.1 Å². The van der Waals surface area contributed by atoms with E-state index in [1.807, 2.05) is 29.2 Å². The number of amides is 1. The molecule has 1 aliphatic heterocycles. The third-order valence-electron chi connectivity index (χ3n) is 6.24. The zero-order valence-corrected chi connectivity index (χ0v) is 19.7. The van der Waals surface area contributed by atoms with Crippen LogP contribution in [0.4, 0.5) is 0 Å². The molecule has 4 rings (SSSR count). The van der Waals surface area contributed by atoms with Crippen LogP contribution in [0, 0.1) is 5.92 Å². The van der Waals surface area contributed by atoms with Crippen LogP contribution in [0.25, 0.3) is 0 Å². The van der Waals surface area contributed by atoms with Crippen molar-refractivity contribution in [1.29, 1.82) is 0 Å². The van der Waals surface area contributed by atoms with Crippen LogP contribution in [0.1, 0.15) is 47.8 Å². The van der Waals surface area contributed by atoms with Crippen molar-refractivity contribution < 1.29 is 9.53 Å². The first-order valence-corrected chi connectivity index (χ1v) is 12.0. The molecule has 0 N–H and O–H groups in total. The Morgan fingerprint density at radius 3 is 2.00 bits per heavy atom. The first-order chi connectivity index (χ1) is 16.1. The van der Waals surface area contributed by atoms with Crippen molar-refractivity contribution in [2.24, 2.45) is 5.92 Å². The van der Waals surface area contributed by atoms with E-state index in [2.05, 4.69) is 79.4 Å². The summed E-state index contributed by atoms with van der Waals surface area (Å²) in [6.45, 7) is 8.15. The van der Waals surface area contributed by atoms with Gasteiger partial charge in [0.1, 0.15) is 5.75 Å². The van der Waals surface area contributed by atoms with Crippen molar-refractivity contribution in [1.82, 2.24) is 9.80 Å². The van der Waals surface area contributed by atoms with Gasteiger partial charge in [-0.15, -0.1) is 0 Å². The third kappa shape index (κ3) is 6.02. The van der Waals surface area contributed by atoms with Gasteiger partial charge < -0.3 is 9.64 Å². The van der Waals surface area contributed by atoms with Gasteiger partial charge in [0.15, 0.2) is 0 Å². The predicted octanol–water partition coefficient (Wildman–Crippen LogP) is 5.66. The first kappa shape index (κ1) is 23.1. The van der Waals surface area contributed by atoms with Gasteiger partial charge in [0.2, 0.25) is 0 Å². The van der Waals surface area contributed by atoms with E-state index in [0.717, 1.165) is 25.3 Å². The Balaban J connectivity index is 1.42. The number of benzene rings is 3. The lowest BCUT2D eigenvalue weighted by atomic mass is 9.96. The Labute approximate surface area is 197 Å². The zero-order valence-electron chi connectivity index (χ0n) is 19.7. The summed E-state index contributed by atoms with van der Waals surface area (Å²) in [5.74, 6) is 1.45. The molecule has 0 bridgehead atoms. The largest absolute Gasteiger partial charge is 0.494 e. The third-order valence-corrected chi connectivity index (χ3v) is 6.24. The molecule has 0 saturated carbocycles. The number of ether oxygens (including phenoxy) is 1. The maximum absolute atomic E-state index is 13.2. The molecule has 0 radical (unpaired) electrons. The van der Waals surface area contributed by atoms with E-state index in [1.54, 1.807) is 0 Å². The van der Waals surface area contributed by atoms with E-state index in [-0.39, 0.29) is 11.9 Å². The highest BCUT2D eigenvalue weighted by atomic mass is 16.5. The van der Waals surface area contributed by atoms with Crippen molar-refractivity contribution in [3.05, 3.63) is 102 Å². The van der Waals surface area contributed by atoms with Gasteiger partial charge in [-0.05, 0) is 41.7 Å². The summed E-state index contributed by atoms with van der Waals surface area (Å²) in [6.07, 6.45) is 1.00. The molecule has 0 atom stereocenters. The van der Waals surface area contributed by atoms with E-state index in [9.17, 15) is 4.79 Å². The zero-order chi connectivity index (χ0) is 23.0. The lowest BCUT2D eigenvalue weighted by molar-refractivity contribution is 0.0597. The van der Waals surface area contributed by atoms with E-state index in [4.69, 9.17) is 4.74 Å². The molecule has 4 heteroatoms. The molecule has 1 amide bonds. The number of carbonyl (C=O) groups is 1. The Morgan fingerprint density at radius 1 is 0.818 bits per heavy atom. The Morgan fingerprint density at radius 2 is 1.42 bits per heavy atom. The molecule has 0 unspecified atom stereocenters. The second kappa shape index (κ2) is 11.2. The summed E-state index contributed by atoms with van der Waals surface area (Å²) in [4.78, 5) is 17.7. The number of hydrogen-bond acceptors (Lipinski definition) is 3. The molecular weight excluding hydrogens is 408 g/mol. The van der Waals surface area contributed by atoms with Crippen LogP contribution in [0.2, 0.25) is 0 Å². The highest BCUT2D eigenvalue weighted by molar-refractivity contribution is 5.94. The average Bonchev–Trinajstić information content (AvgIpc) is 2.85. The lowest BCUT2D eigenvalue weighted by Crippen LogP contribution is -2.49. The average molecular weight is 443 g/mol. The summed E-state index contributed by atoms with van der Waals surface area (Å²) < 4.78 is 5.86. The molecule has 3 aromatic rings. The minimum Gasteiger partial charge on any atom is -0.494 e. The molecule has 1 heterocycles. The molecule has 1 aliphatic rings. The minimum atomic E-state index is 0.0833. The number of carbonyl (C=O) groups excluding carboxylic acids is 1. The maximum atomic E-state index is 13.2. The van der Waals surface area contributed by atoms with Crippen LogP contribution in [0.5, 0.6) is 5.75 Å². The molecule has 1 fully saturated rings. The lowest BCUT2D eigenvalue weighted by Gasteiger charge is -2.39. The van der Waals surface area contributed by atoms with Crippen molar-refractivity contribution in [3.63, 3.8) is 0 Å². The van der Waals surface area contributed by atoms with Crippen molar-refractivity contribution in [2.45, 2.75) is 26.3 Å². The van der Waals surface area contributed by atoms with Crippen molar-refractivity contribution >= 4 is 5.91 Å². The fourth-order valence-electron chi connectivity index (χ4n) is 4.38. The first-order valence-electron chi connectivity index (χ1n) is 12.0. The summed E-state index contributed by atoms with van der Waals surface area (Å²) in [6, 6.07) is 29.1. The number of nitrogens with zero attached hydrogens (tertiary/aromatic N) is 2. The van der Waals surface area contributed by atoms with Gasteiger partial charge in [0.25, 0.3) is 5.91 Å². The Hall–Kier alpha value is -3.11. The molecule has 3 aromatic carbocycles. The molecular formula is C29H34N2O2. The summed E-state index contributed by atoms with van der Waals surface area (Å²) in [5.41, 5.74) is 3.28. The molecule has 1 saturated heterocycles. The van der Waals surface area contributed by atoms with E-state index < -0.39 is 0 Å². The molecule has 172 valence electrons. The highest BCUT2D eigenvalue weighted by Gasteiger charge is 2.28. The van der Waals surface area contributed by atoms with Crippen LogP contribution in [-0.4, -0.2) is 48.5 Å². The maximum Gasteiger partial charge on any atom is 0.254 e. The SMILES string of the molecule is CC(C)CCOc1cccc(C(=O)N2CCN(C(c3ccccc3)c3ccccc3)CC2)c1. The fraction of sp³-hybridized carbons (Fsp3) is 0.345. The van der Waals surface area contributed by atoms with Gasteiger partial charge in [-0.25, -0.2) is 0 Å². The normalized spacial score (nSPS) is 14.6. The topological polar surface area (TPSA) is 32.8 Å². The van der Waals surface area contributed by atoms with Crippen LogP contribution in [0.3, 0.4) is 0 Å². The summed E-state index contributed by atoms with van der Waals surface area (Å²) in [7, 11) is 0. The minimum absolute atomic E-state index is 0.0833. The fourth-order valence-corrected chi connectivity index (χ4v) is 4.38. The van der Waals surface area contributed by atoms with Crippen LogP contribution in [0.15, 0.2) is 84.9 Å². The highest BCUT2D eigenvalue weighted by Crippen LogP contribution is 2.29. The van der Waals surface area contributed by atoms with Gasteiger partial charge >= 0.3 is 0 Å². The van der Waals surface area contributed by atoms with Crippen LogP contribution in [-0.2, 0) is 0 Å². The number of piperazine rings is 1. The van der Waals surface area contributed by atoms with Gasteiger partial charge in [0, 0.05) is 31.7 Å². The van der Waals surface area contributed by atoms with Gasteiger partial charge in [-0.3, -0.25) is 9.69 Å². The Bertz CT molecular complexity index is 973. The summed E-state index contributed by atoms with van der Waals surface area (Å²) >= 11 is 0. The standard InChI is InChI=1S/C29H34N2O2/c1-23(2)16-21-33-27-15-9-14-26(22-27)29(32)31-19-17-30(18-20-31)28(24-10-5-3-6-11-24)25-12-7-4-8-13-25/h3-15,22-23,28H,16-21H2,1-2H3. The molecule has 0 aliphatic carbocycles. The van der Waals surface area contributed by atoms with Crippen molar-refractivity contribution in [3.8, 4) is 5.75 Å². The number of hydrogen-bond donors (Lipinski definition) is 0. The molecule has 33 heavy (non-hydrogen) atoms. The second-order valence-corrected chi connectivity index (χ2v) is 9.11. The smallest absolute Gasteiger partial charge is 0.254 e. The van der Waals surface area contributed by atoms with E-state index >= 15 is 0 Å². The predicted molar refractivity (Wildman–Crippen MR) is 134 cm³/mol. The molecule has 0 aromatic heterocycles. The van der Waals surface area contributed by atoms with Crippen molar-refractivity contribution in [2.75, 3.05) is 32.8 Å². The van der Waals surface area contributed by atoms with Crippen LogP contribution >= 0.6 is 0 Å². The Kier molecular flexibility index (Phi) is 7.79.